The lowest BCUT2D eigenvalue weighted by Crippen LogP contribution is -2.27. The highest BCUT2D eigenvalue weighted by molar-refractivity contribution is 6.31. The summed E-state index contributed by atoms with van der Waals surface area (Å²) < 4.78 is 13.2. The first kappa shape index (κ1) is 17.9. The molecule has 1 amide bonds. The van der Waals surface area contributed by atoms with Crippen LogP contribution in [-0.2, 0) is 0 Å². The summed E-state index contributed by atoms with van der Waals surface area (Å²) >= 11 is 5.76. The molecule has 0 saturated heterocycles. The number of amides is 1. The fourth-order valence-electron chi connectivity index (χ4n) is 2.44. The van der Waals surface area contributed by atoms with Crippen LogP contribution in [0.2, 0.25) is 5.02 Å². The molecule has 1 atom stereocenters. The Bertz CT molecular complexity index is 901. The Hall–Kier alpha value is -2.92. The second kappa shape index (κ2) is 7.97. The minimum atomic E-state index is -0.477. The molecule has 0 saturated carbocycles. The van der Waals surface area contributed by atoms with E-state index in [1.807, 2.05) is 37.3 Å². The third-order valence-corrected chi connectivity index (χ3v) is 4.14. The minimum Gasteiger partial charge on any atom is -0.354 e. The number of pyridine rings is 1. The van der Waals surface area contributed by atoms with Crippen molar-refractivity contribution in [2.45, 2.75) is 13.0 Å². The van der Waals surface area contributed by atoms with Gasteiger partial charge in [0.1, 0.15) is 11.5 Å². The third kappa shape index (κ3) is 4.37. The molecule has 0 fully saturated rings. The Labute approximate surface area is 156 Å². The van der Waals surface area contributed by atoms with Crippen LogP contribution in [0.1, 0.15) is 29.0 Å². The van der Waals surface area contributed by atoms with Crippen molar-refractivity contribution in [3.63, 3.8) is 0 Å². The zero-order valence-electron chi connectivity index (χ0n) is 14.0. The highest BCUT2D eigenvalue weighted by atomic mass is 35.5. The average molecular weight is 370 g/mol. The van der Waals surface area contributed by atoms with Crippen molar-refractivity contribution in [2.75, 3.05) is 5.32 Å². The predicted octanol–water partition coefficient (Wildman–Crippen LogP) is 5.11. The summed E-state index contributed by atoms with van der Waals surface area (Å²) in [5.74, 6) is -0.729. The van der Waals surface area contributed by atoms with E-state index in [1.54, 1.807) is 24.4 Å². The number of carbonyl (C=O) groups excluding carboxylic acids is 1. The standard InChI is InChI=1S/C20H17ClFN3O/c1-13(14-5-3-2-4-6-14)24-20(26)19-10-8-16(12-23-19)25-15-7-9-18(22)17(21)11-15/h2-13,25H,1H3,(H,24,26). The first-order valence-electron chi connectivity index (χ1n) is 8.07. The Kier molecular flexibility index (Phi) is 5.49. The molecule has 0 aliphatic rings. The minimum absolute atomic E-state index is 0.0360. The maximum Gasteiger partial charge on any atom is 0.270 e. The summed E-state index contributed by atoms with van der Waals surface area (Å²) in [6.07, 6.45) is 1.54. The van der Waals surface area contributed by atoms with E-state index in [0.717, 1.165) is 5.56 Å². The molecule has 132 valence electrons. The summed E-state index contributed by atoms with van der Waals surface area (Å²) in [5, 5.41) is 6.01. The quantitative estimate of drug-likeness (QED) is 0.657. The summed E-state index contributed by atoms with van der Waals surface area (Å²) in [6, 6.07) is 17.3. The van der Waals surface area contributed by atoms with Crippen LogP contribution >= 0.6 is 11.6 Å². The summed E-state index contributed by atoms with van der Waals surface area (Å²) in [7, 11) is 0. The monoisotopic (exact) mass is 369 g/mol. The fourth-order valence-corrected chi connectivity index (χ4v) is 2.62. The highest BCUT2D eigenvalue weighted by Crippen LogP contribution is 2.22. The van der Waals surface area contributed by atoms with Crippen LogP contribution < -0.4 is 10.6 Å². The molecule has 6 heteroatoms. The van der Waals surface area contributed by atoms with Crippen LogP contribution in [0.3, 0.4) is 0 Å². The Morgan fingerprint density at radius 3 is 2.46 bits per heavy atom. The number of carbonyl (C=O) groups is 1. The van der Waals surface area contributed by atoms with Gasteiger partial charge in [0.25, 0.3) is 5.91 Å². The first-order chi connectivity index (χ1) is 12.5. The Balaban J connectivity index is 1.65. The second-order valence-corrected chi connectivity index (χ2v) is 6.20. The van der Waals surface area contributed by atoms with Gasteiger partial charge in [0.15, 0.2) is 0 Å². The molecular formula is C20H17ClFN3O. The average Bonchev–Trinajstić information content (AvgIpc) is 2.66. The van der Waals surface area contributed by atoms with E-state index >= 15 is 0 Å². The zero-order chi connectivity index (χ0) is 18.5. The number of nitrogens with zero attached hydrogens (tertiary/aromatic N) is 1. The van der Waals surface area contributed by atoms with Gasteiger partial charge in [-0.25, -0.2) is 9.37 Å². The van der Waals surface area contributed by atoms with E-state index in [9.17, 15) is 9.18 Å². The van der Waals surface area contributed by atoms with Gasteiger partial charge in [-0.1, -0.05) is 41.9 Å². The number of benzene rings is 2. The number of nitrogens with one attached hydrogen (secondary N) is 2. The van der Waals surface area contributed by atoms with Crippen LogP contribution in [0.15, 0.2) is 66.9 Å². The summed E-state index contributed by atoms with van der Waals surface area (Å²) in [4.78, 5) is 16.5. The van der Waals surface area contributed by atoms with Crippen LogP contribution in [-0.4, -0.2) is 10.9 Å². The van der Waals surface area contributed by atoms with E-state index < -0.39 is 5.82 Å². The number of anilines is 2. The lowest BCUT2D eigenvalue weighted by molar-refractivity contribution is 0.0935. The lowest BCUT2D eigenvalue weighted by atomic mass is 10.1. The molecule has 0 aliphatic heterocycles. The highest BCUT2D eigenvalue weighted by Gasteiger charge is 2.12. The molecule has 3 rings (SSSR count). The number of rotatable bonds is 5. The molecule has 1 aromatic heterocycles. The van der Waals surface area contributed by atoms with Gasteiger partial charge >= 0.3 is 0 Å². The van der Waals surface area contributed by atoms with Crippen molar-refractivity contribution < 1.29 is 9.18 Å². The molecule has 3 aromatic rings. The summed E-state index contributed by atoms with van der Waals surface area (Å²) in [6.45, 7) is 1.92. The van der Waals surface area contributed by atoms with E-state index in [-0.39, 0.29) is 17.0 Å². The topological polar surface area (TPSA) is 54.0 Å². The fraction of sp³-hybridized carbons (Fsp3) is 0.100. The molecule has 0 aliphatic carbocycles. The molecule has 2 aromatic carbocycles. The SMILES string of the molecule is CC(NC(=O)c1ccc(Nc2ccc(F)c(Cl)c2)cn1)c1ccccc1. The molecule has 0 spiro atoms. The van der Waals surface area contributed by atoms with Gasteiger partial charge in [0.2, 0.25) is 0 Å². The number of halogens is 2. The maximum atomic E-state index is 13.2. The molecule has 1 heterocycles. The molecule has 1 unspecified atom stereocenters. The Morgan fingerprint density at radius 2 is 1.81 bits per heavy atom. The molecule has 0 radical (unpaired) electrons. The zero-order valence-corrected chi connectivity index (χ0v) is 14.8. The van der Waals surface area contributed by atoms with Crippen LogP contribution in [0, 0.1) is 5.82 Å². The molecule has 4 nitrogen and oxygen atoms in total. The van der Waals surface area contributed by atoms with Gasteiger partial charge in [0.05, 0.1) is 22.9 Å². The number of aromatic nitrogens is 1. The largest absolute Gasteiger partial charge is 0.354 e. The van der Waals surface area contributed by atoms with Crippen LogP contribution in [0.4, 0.5) is 15.8 Å². The van der Waals surface area contributed by atoms with Crippen molar-refractivity contribution in [2.24, 2.45) is 0 Å². The van der Waals surface area contributed by atoms with Gasteiger partial charge < -0.3 is 10.6 Å². The smallest absolute Gasteiger partial charge is 0.270 e. The molecule has 2 N–H and O–H groups in total. The molecule has 0 bridgehead atoms. The van der Waals surface area contributed by atoms with Crippen molar-refractivity contribution in [1.82, 2.24) is 10.3 Å². The van der Waals surface area contributed by atoms with Crippen molar-refractivity contribution in [1.29, 1.82) is 0 Å². The lowest BCUT2D eigenvalue weighted by Gasteiger charge is -2.14. The van der Waals surface area contributed by atoms with E-state index in [2.05, 4.69) is 15.6 Å². The second-order valence-electron chi connectivity index (χ2n) is 5.79. The van der Waals surface area contributed by atoms with Crippen LogP contribution in [0.5, 0.6) is 0 Å². The van der Waals surface area contributed by atoms with Crippen molar-refractivity contribution in [3.05, 3.63) is 89.0 Å². The van der Waals surface area contributed by atoms with E-state index in [4.69, 9.17) is 11.6 Å². The van der Waals surface area contributed by atoms with Gasteiger partial charge in [-0.2, -0.15) is 0 Å². The maximum absolute atomic E-state index is 13.2. The predicted molar refractivity (Wildman–Crippen MR) is 101 cm³/mol. The normalized spacial score (nSPS) is 11.7. The van der Waals surface area contributed by atoms with Crippen molar-refractivity contribution >= 4 is 28.9 Å². The van der Waals surface area contributed by atoms with Gasteiger partial charge in [0, 0.05) is 5.69 Å². The molecule has 26 heavy (non-hydrogen) atoms. The van der Waals surface area contributed by atoms with E-state index in [1.165, 1.54) is 12.1 Å². The van der Waals surface area contributed by atoms with Crippen LogP contribution in [0.25, 0.3) is 0 Å². The number of hydrogen-bond donors (Lipinski definition) is 2. The van der Waals surface area contributed by atoms with Gasteiger partial charge in [-0.3, -0.25) is 4.79 Å². The van der Waals surface area contributed by atoms with Gasteiger partial charge in [-0.05, 0) is 42.8 Å². The summed E-state index contributed by atoms with van der Waals surface area (Å²) in [5.41, 5.74) is 2.64. The van der Waals surface area contributed by atoms with Gasteiger partial charge in [-0.15, -0.1) is 0 Å². The Morgan fingerprint density at radius 1 is 1.08 bits per heavy atom. The number of hydrogen-bond acceptors (Lipinski definition) is 3. The molecular weight excluding hydrogens is 353 g/mol. The third-order valence-electron chi connectivity index (χ3n) is 3.85. The van der Waals surface area contributed by atoms with Crippen molar-refractivity contribution in [3.8, 4) is 0 Å². The van der Waals surface area contributed by atoms with E-state index in [0.29, 0.717) is 17.1 Å². The first-order valence-corrected chi connectivity index (χ1v) is 8.44.